The minimum atomic E-state index is -0.159. The van der Waals surface area contributed by atoms with Crippen LogP contribution in [0.15, 0.2) is 65.0 Å². The van der Waals surface area contributed by atoms with Gasteiger partial charge in [-0.1, -0.05) is 47.7 Å². The van der Waals surface area contributed by atoms with Crippen LogP contribution in [0.4, 0.5) is 0 Å². The highest BCUT2D eigenvalue weighted by Crippen LogP contribution is 2.27. The van der Waals surface area contributed by atoms with Crippen LogP contribution in [0, 0.1) is 20.8 Å². The average molecular weight is 450 g/mol. The second-order valence-electron chi connectivity index (χ2n) is 7.28. The minimum absolute atomic E-state index is 0.0478. The van der Waals surface area contributed by atoms with Gasteiger partial charge in [-0.2, -0.15) is 5.10 Å². The second kappa shape index (κ2) is 9.45. The smallest absolute Gasteiger partial charge is 0.231 e. The zero-order valence-electron chi connectivity index (χ0n) is 17.6. The first kappa shape index (κ1) is 21.3. The summed E-state index contributed by atoms with van der Waals surface area (Å²) < 4.78 is 1.76. The Balaban J connectivity index is 1.40. The number of rotatable bonds is 7. The van der Waals surface area contributed by atoms with Gasteiger partial charge in [-0.15, -0.1) is 21.5 Å². The van der Waals surface area contributed by atoms with E-state index >= 15 is 0 Å². The number of nitrogens with zero attached hydrogens (tertiary/aromatic N) is 4. The molecule has 4 aromatic rings. The zero-order chi connectivity index (χ0) is 21.8. The van der Waals surface area contributed by atoms with Crippen molar-refractivity contribution in [3.05, 3.63) is 87.4 Å². The van der Waals surface area contributed by atoms with Gasteiger partial charge in [0.1, 0.15) is 5.03 Å². The fourth-order valence-electron chi connectivity index (χ4n) is 3.24. The van der Waals surface area contributed by atoms with E-state index in [2.05, 4.69) is 51.8 Å². The highest BCUT2D eigenvalue weighted by molar-refractivity contribution is 7.99. The van der Waals surface area contributed by atoms with Gasteiger partial charge in [0.25, 0.3) is 0 Å². The minimum Gasteiger partial charge on any atom is -0.344 e. The van der Waals surface area contributed by atoms with Crippen molar-refractivity contribution in [2.24, 2.45) is 0 Å². The summed E-state index contributed by atoms with van der Waals surface area (Å²) in [4.78, 5) is 13.8. The van der Waals surface area contributed by atoms with E-state index in [4.69, 9.17) is 0 Å². The molecule has 158 valence electrons. The third kappa shape index (κ3) is 5.21. The van der Waals surface area contributed by atoms with Crippen molar-refractivity contribution in [3.8, 4) is 5.82 Å². The van der Waals surface area contributed by atoms with Crippen LogP contribution < -0.4 is 5.32 Å². The Bertz CT molecular complexity index is 1150. The lowest BCUT2D eigenvalue weighted by molar-refractivity contribution is -0.119. The molecule has 31 heavy (non-hydrogen) atoms. The molecule has 0 spiro atoms. The van der Waals surface area contributed by atoms with Crippen molar-refractivity contribution >= 4 is 29.0 Å². The van der Waals surface area contributed by atoms with Crippen molar-refractivity contribution in [1.82, 2.24) is 25.3 Å². The molecule has 1 aromatic carbocycles. The van der Waals surface area contributed by atoms with Crippen LogP contribution in [0.5, 0.6) is 0 Å². The number of thioether (sulfide) groups is 1. The summed E-state index contributed by atoms with van der Waals surface area (Å²) in [5.41, 5.74) is 4.20. The summed E-state index contributed by atoms with van der Waals surface area (Å²) in [5.74, 6) is 0.881. The van der Waals surface area contributed by atoms with Crippen LogP contribution in [0.3, 0.4) is 0 Å². The monoisotopic (exact) mass is 449 g/mol. The first-order chi connectivity index (χ1) is 15.0. The molecule has 1 amide bonds. The van der Waals surface area contributed by atoms with Gasteiger partial charge in [0.15, 0.2) is 5.82 Å². The summed E-state index contributed by atoms with van der Waals surface area (Å²) in [6, 6.07) is 17.9. The molecule has 4 rings (SSSR count). The van der Waals surface area contributed by atoms with Crippen molar-refractivity contribution in [2.45, 2.75) is 31.8 Å². The first-order valence-corrected chi connectivity index (χ1v) is 11.8. The summed E-state index contributed by atoms with van der Waals surface area (Å²) in [6.07, 6.45) is 0. The Kier molecular flexibility index (Phi) is 6.48. The normalized spacial score (nSPS) is 12.0. The predicted octanol–water partition coefficient (Wildman–Crippen LogP) is 4.65. The average Bonchev–Trinajstić information content (AvgIpc) is 3.41. The third-order valence-electron chi connectivity index (χ3n) is 4.75. The molecule has 1 N–H and O–H groups in total. The van der Waals surface area contributed by atoms with Gasteiger partial charge in [-0.3, -0.25) is 4.79 Å². The van der Waals surface area contributed by atoms with E-state index < -0.39 is 0 Å². The molecule has 0 radical (unpaired) electrons. The quantitative estimate of drug-likeness (QED) is 0.416. The number of aryl methyl sites for hydroxylation is 3. The van der Waals surface area contributed by atoms with Crippen LogP contribution in [0.25, 0.3) is 5.82 Å². The zero-order valence-corrected chi connectivity index (χ0v) is 19.2. The van der Waals surface area contributed by atoms with E-state index in [9.17, 15) is 4.79 Å². The molecular formula is C23H23N5OS2. The molecule has 0 aliphatic rings. The lowest BCUT2D eigenvalue weighted by Crippen LogP contribution is -2.30. The molecule has 0 aliphatic heterocycles. The second-order valence-corrected chi connectivity index (χ2v) is 9.26. The van der Waals surface area contributed by atoms with E-state index in [-0.39, 0.29) is 17.7 Å². The Morgan fingerprint density at radius 1 is 1.10 bits per heavy atom. The van der Waals surface area contributed by atoms with Crippen LogP contribution in [-0.4, -0.2) is 31.6 Å². The van der Waals surface area contributed by atoms with Gasteiger partial charge in [0.05, 0.1) is 17.5 Å². The van der Waals surface area contributed by atoms with Crippen LogP contribution in [0.2, 0.25) is 0 Å². The molecule has 0 aliphatic carbocycles. The van der Waals surface area contributed by atoms with Gasteiger partial charge in [0, 0.05) is 10.6 Å². The lowest BCUT2D eigenvalue weighted by Gasteiger charge is -2.18. The fraction of sp³-hybridized carbons (Fsp3) is 0.217. The van der Waals surface area contributed by atoms with E-state index in [1.165, 1.54) is 17.3 Å². The number of carbonyl (C=O) groups is 1. The Morgan fingerprint density at radius 3 is 2.52 bits per heavy atom. The lowest BCUT2D eigenvalue weighted by atomic mass is 10.0. The first-order valence-electron chi connectivity index (χ1n) is 9.89. The summed E-state index contributed by atoms with van der Waals surface area (Å²) in [7, 11) is 0. The highest BCUT2D eigenvalue weighted by atomic mass is 32.2. The predicted molar refractivity (Wildman–Crippen MR) is 125 cm³/mol. The van der Waals surface area contributed by atoms with Gasteiger partial charge >= 0.3 is 0 Å². The molecular weight excluding hydrogens is 426 g/mol. The topological polar surface area (TPSA) is 72.7 Å². The standard InChI is InChI=1S/C23H23N5OS2/c1-15-6-8-18(9-7-15)23(19-5-4-12-30-19)24-21(29)14-31-22-11-10-20(25-26-22)28-17(3)13-16(2)27-28/h4-13,23H,14H2,1-3H3,(H,24,29). The van der Waals surface area contributed by atoms with Crippen LogP contribution in [0.1, 0.15) is 33.4 Å². The number of nitrogens with one attached hydrogen (secondary N) is 1. The number of carbonyl (C=O) groups excluding carboxylic acids is 1. The molecule has 3 heterocycles. The number of thiophene rings is 1. The number of hydrogen-bond donors (Lipinski definition) is 1. The van der Waals surface area contributed by atoms with Crippen molar-refractivity contribution < 1.29 is 4.79 Å². The number of benzene rings is 1. The maximum absolute atomic E-state index is 12.7. The molecule has 0 saturated carbocycles. The largest absolute Gasteiger partial charge is 0.344 e. The SMILES string of the molecule is Cc1ccc(C(NC(=O)CSc2ccc(-n3nc(C)cc3C)nn2)c2cccs2)cc1. The Hall–Kier alpha value is -2.97. The Labute approximate surface area is 189 Å². The number of aromatic nitrogens is 4. The fourth-order valence-corrected chi connectivity index (χ4v) is 4.67. The van der Waals surface area contributed by atoms with Crippen molar-refractivity contribution in [2.75, 3.05) is 5.75 Å². The molecule has 0 bridgehead atoms. The summed E-state index contributed by atoms with van der Waals surface area (Å²) in [5, 5.41) is 18.8. The highest BCUT2D eigenvalue weighted by Gasteiger charge is 2.18. The van der Waals surface area contributed by atoms with Crippen molar-refractivity contribution in [3.63, 3.8) is 0 Å². The summed E-state index contributed by atoms with van der Waals surface area (Å²) >= 11 is 3.00. The van der Waals surface area contributed by atoms with E-state index in [1.807, 2.05) is 49.6 Å². The number of hydrogen-bond acceptors (Lipinski definition) is 6. The van der Waals surface area contributed by atoms with E-state index in [1.54, 1.807) is 16.0 Å². The van der Waals surface area contributed by atoms with Crippen molar-refractivity contribution in [1.29, 1.82) is 0 Å². The van der Waals surface area contributed by atoms with Crippen LogP contribution in [-0.2, 0) is 4.79 Å². The van der Waals surface area contributed by atoms with E-state index in [0.29, 0.717) is 10.8 Å². The molecule has 1 unspecified atom stereocenters. The molecule has 8 heteroatoms. The Morgan fingerprint density at radius 2 is 1.90 bits per heavy atom. The number of amides is 1. The van der Waals surface area contributed by atoms with Gasteiger partial charge in [-0.25, -0.2) is 4.68 Å². The van der Waals surface area contributed by atoms with E-state index in [0.717, 1.165) is 21.8 Å². The molecule has 0 saturated heterocycles. The summed E-state index contributed by atoms with van der Waals surface area (Å²) in [6.45, 7) is 5.98. The third-order valence-corrected chi connectivity index (χ3v) is 6.60. The van der Waals surface area contributed by atoms with Gasteiger partial charge < -0.3 is 5.32 Å². The molecule has 0 fully saturated rings. The molecule has 3 aromatic heterocycles. The molecule has 1 atom stereocenters. The van der Waals surface area contributed by atoms with Gasteiger partial charge in [-0.05, 0) is 56.0 Å². The van der Waals surface area contributed by atoms with Gasteiger partial charge in [0.2, 0.25) is 5.91 Å². The maximum atomic E-state index is 12.7. The molecule has 6 nitrogen and oxygen atoms in total. The van der Waals surface area contributed by atoms with Crippen LogP contribution >= 0.6 is 23.1 Å². The maximum Gasteiger partial charge on any atom is 0.231 e.